The van der Waals surface area contributed by atoms with Crippen molar-refractivity contribution < 1.29 is 18.3 Å². The molecule has 6 rings (SSSR count). The summed E-state index contributed by atoms with van der Waals surface area (Å²) in [5, 5.41) is 16.0. The van der Waals surface area contributed by atoms with E-state index in [0.717, 1.165) is 29.1 Å². The lowest BCUT2D eigenvalue weighted by Gasteiger charge is -2.15. The minimum absolute atomic E-state index is 0.205. The summed E-state index contributed by atoms with van der Waals surface area (Å²) in [6, 6.07) is 12.9. The van der Waals surface area contributed by atoms with E-state index in [2.05, 4.69) is 25.6 Å². The van der Waals surface area contributed by atoms with Crippen LogP contribution in [-0.4, -0.2) is 36.0 Å². The molecule has 0 bridgehead atoms. The number of halogens is 2. The highest BCUT2D eigenvalue weighted by Gasteiger charge is 2.26. The van der Waals surface area contributed by atoms with Crippen molar-refractivity contribution in [1.82, 2.24) is 29.4 Å². The van der Waals surface area contributed by atoms with Crippen molar-refractivity contribution in [1.29, 1.82) is 0 Å². The molecular weight excluding hydrogens is 456 g/mol. The molecule has 0 amide bonds. The van der Waals surface area contributed by atoms with Gasteiger partial charge in [-0.15, -0.1) is 10.2 Å². The van der Waals surface area contributed by atoms with Crippen LogP contribution in [-0.2, 0) is 7.05 Å². The Morgan fingerprint density at radius 3 is 2.74 bits per heavy atom. The van der Waals surface area contributed by atoms with Crippen molar-refractivity contribution >= 4 is 17.3 Å². The van der Waals surface area contributed by atoms with Gasteiger partial charge in [0, 0.05) is 37.9 Å². The molecule has 0 radical (unpaired) electrons. The van der Waals surface area contributed by atoms with Crippen LogP contribution in [0.5, 0.6) is 11.6 Å². The van der Waals surface area contributed by atoms with Crippen molar-refractivity contribution in [3.63, 3.8) is 0 Å². The van der Waals surface area contributed by atoms with Crippen molar-refractivity contribution in [2.75, 3.05) is 11.9 Å². The van der Waals surface area contributed by atoms with Gasteiger partial charge in [0.05, 0.1) is 12.8 Å². The Hall–Kier alpha value is -4.54. The van der Waals surface area contributed by atoms with Gasteiger partial charge in [0.2, 0.25) is 5.88 Å². The first kappa shape index (κ1) is 21.0. The van der Waals surface area contributed by atoms with Gasteiger partial charge < -0.3 is 14.8 Å². The van der Waals surface area contributed by atoms with E-state index in [1.807, 2.05) is 37.4 Å². The largest absolute Gasteiger partial charge is 0.482 e. The van der Waals surface area contributed by atoms with Crippen LogP contribution in [0.15, 0.2) is 60.9 Å². The Balaban J connectivity index is 1.34. The molecule has 0 fully saturated rings. The number of aromatic nitrogens is 6. The summed E-state index contributed by atoms with van der Waals surface area (Å²) >= 11 is 0. The zero-order valence-electron chi connectivity index (χ0n) is 18.5. The number of ether oxygens (including phenoxy) is 2. The maximum absolute atomic E-state index is 13.7. The molecule has 1 N–H and O–H groups in total. The van der Waals surface area contributed by atoms with Gasteiger partial charge in [-0.2, -0.15) is 5.10 Å². The Labute approximate surface area is 198 Å². The molecule has 0 spiro atoms. The van der Waals surface area contributed by atoms with E-state index in [1.54, 1.807) is 21.5 Å². The van der Waals surface area contributed by atoms with Crippen molar-refractivity contribution in [3.05, 3.63) is 78.4 Å². The number of hydrogen-bond donors (Lipinski definition) is 1. The lowest BCUT2D eigenvalue weighted by Crippen LogP contribution is -2.12. The average molecular weight is 475 g/mol. The van der Waals surface area contributed by atoms with Crippen LogP contribution >= 0.6 is 0 Å². The van der Waals surface area contributed by atoms with Crippen molar-refractivity contribution in [2.24, 2.45) is 7.05 Å². The van der Waals surface area contributed by atoms with Crippen LogP contribution in [0.2, 0.25) is 0 Å². The highest BCUT2D eigenvalue weighted by Crippen LogP contribution is 2.34. The second-order valence-corrected chi connectivity index (χ2v) is 8.05. The Kier molecular flexibility index (Phi) is 5.02. The van der Waals surface area contributed by atoms with Crippen LogP contribution in [0.25, 0.3) is 16.8 Å². The van der Waals surface area contributed by atoms with Gasteiger partial charge in [-0.05, 0) is 41.5 Å². The molecule has 4 aromatic heterocycles. The van der Waals surface area contributed by atoms with Crippen molar-refractivity contribution in [3.8, 4) is 22.8 Å². The van der Waals surface area contributed by atoms with Gasteiger partial charge in [0.25, 0.3) is 0 Å². The monoisotopic (exact) mass is 475 g/mol. The predicted molar refractivity (Wildman–Crippen MR) is 123 cm³/mol. The minimum atomic E-state index is -0.974. The van der Waals surface area contributed by atoms with Gasteiger partial charge >= 0.3 is 0 Å². The second kappa shape index (κ2) is 8.35. The molecule has 5 aromatic rings. The minimum Gasteiger partial charge on any atom is -0.482 e. The number of anilines is 2. The number of benzene rings is 1. The topological polar surface area (TPSA) is 91.4 Å². The lowest BCUT2D eigenvalue weighted by atomic mass is 10.1. The second-order valence-electron chi connectivity index (χ2n) is 8.05. The fraction of sp³-hybridized carbons (Fsp3) is 0.167. The Morgan fingerprint density at radius 1 is 1.00 bits per heavy atom. The number of aryl methyl sites for hydroxylation is 1. The third-order valence-electron chi connectivity index (χ3n) is 5.75. The van der Waals surface area contributed by atoms with Crippen LogP contribution < -0.4 is 14.8 Å². The van der Waals surface area contributed by atoms with E-state index in [4.69, 9.17) is 9.47 Å². The van der Waals surface area contributed by atoms with Gasteiger partial charge in [0.1, 0.15) is 17.4 Å². The molecule has 35 heavy (non-hydrogen) atoms. The molecule has 1 unspecified atom stereocenters. The standard InChI is InChI=1S/C24H19F2N7O2/c1-32-21(5-8-28-32)29-20-10-14(4-7-27-20)15-11-22-30-31-24-19(6-9-34-23(12-15)33(22)24)35-16-2-3-17(25)18(26)13-16/h2-5,7-8,10-13,19H,6,9H2,1H3,(H,27,29). The predicted octanol–water partition coefficient (Wildman–Crippen LogP) is 4.45. The summed E-state index contributed by atoms with van der Waals surface area (Å²) < 4.78 is 42.4. The molecule has 0 aliphatic carbocycles. The third-order valence-corrected chi connectivity index (χ3v) is 5.75. The maximum atomic E-state index is 13.7. The van der Waals surface area contributed by atoms with Crippen LogP contribution in [0.3, 0.4) is 0 Å². The summed E-state index contributed by atoms with van der Waals surface area (Å²) in [6.07, 6.45) is 3.34. The molecule has 1 aromatic carbocycles. The van der Waals surface area contributed by atoms with Gasteiger partial charge in [-0.1, -0.05) is 0 Å². The Morgan fingerprint density at radius 2 is 1.91 bits per heavy atom. The summed E-state index contributed by atoms with van der Waals surface area (Å²) in [5.74, 6) is 0.867. The van der Waals surface area contributed by atoms with Gasteiger partial charge in [0.15, 0.2) is 29.2 Å². The summed E-state index contributed by atoms with van der Waals surface area (Å²) in [7, 11) is 1.84. The number of rotatable bonds is 5. The number of hydrogen-bond acceptors (Lipinski definition) is 7. The first-order valence-corrected chi connectivity index (χ1v) is 10.9. The number of pyridine rings is 2. The molecular formula is C24H19F2N7O2. The zero-order valence-corrected chi connectivity index (χ0v) is 18.5. The van der Waals surface area contributed by atoms with E-state index in [1.165, 1.54) is 6.07 Å². The molecule has 176 valence electrons. The smallest absolute Gasteiger partial charge is 0.201 e. The van der Waals surface area contributed by atoms with E-state index in [-0.39, 0.29) is 5.75 Å². The average Bonchev–Trinajstić information content (AvgIpc) is 3.42. The molecule has 9 nitrogen and oxygen atoms in total. The van der Waals surface area contributed by atoms with Crippen LogP contribution in [0, 0.1) is 11.6 Å². The van der Waals surface area contributed by atoms with Gasteiger partial charge in [-0.3, -0.25) is 4.68 Å². The highest BCUT2D eigenvalue weighted by atomic mass is 19.2. The third kappa shape index (κ3) is 3.90. The molecule has 0 saturated carbocycles. The zero-order chi connectivity index (χ0) is 23.9. The summed E-state index contributed by atoms with van der Waals surface area (Å²) in [6.45, 7) is 0.347. The fourth-order valence-electron chi connectivity index (χ4n) is 4.02. The van der Waals surface area contributed by atoms with Crippen LogP contribution in [0.1, 0.15) is 18.3 Å². The molecule has 1 atom stereocenters. The quantitative estimate of drug-likeness (QED) is 0.402. The van der Waals surface area contributed by atoms with Crippen molar-refractivity contribution in [2.45, 2.75) is 12.5 Å². The lowest BCUT2D eigenvalue weighted by molar-refractivity contribution is 0.165. The molecule has 5 heterocycles. The first-order valence-electron chi connectivity index (χ1n) is 10.9. The number of nitrogens with zero attached hydrogens (tertiary/aromatic N) is 6. The SMILES string of the molecule is Cn1nccc1Nc1cc(-c2cc3n4c(nnc4c2)C(Oc2ccc(F)c(F)c2)CCO3)ccn1. The maximum Gasteiger partial charge on any atom is 0.201 e. The van der Waals surface area contributed by atoms with E-state index in [9.17, 15) is 8.78 Å². The highest BCUT2D eigenvalue weighted by molar-refractivity contribution is 5.72. The van der Waals surface area contributed by atoms with E-state index in [0.29, 0.717) is 36.2 Å². The Bertz CT molecular complexity index is 1550. The first-order chi connectivity index (χ1) is 17.0. The fourth-order valence-corrected chi connectivity index (χ4v) is 4.02. The summed E-state index contributed by atoms with van der Waals surface area (Å²) in [5.41, 5.74) is 2.36. The molecule has 1 aliphatic rings. The van der Waals surface area contributed by atoms with Crippen LogP contribution in [0.4, 0.5) is 20.4 Å². The van der Waals surface area contributed by atoms with Gasteiger partial charge in [-0.25, -0.2) is 18.2 Å². The molecule has 1 aliphatic heterocycles. The molecule has 11 heteroatoms. The normalized spacial score (nSPS) is 15.0. The number of nitrogens with one attached hydrogen (secondary N) is 1. The molecule has 0 saturated heterocycles. The van der Waals surface area contributed by atoms with E-state index >= 15 is 0 Å². The summed E-state index contributed by atoms with van der Waals surface area (Å²) in [4.78, 5) is 4.39. The van der Waals surface area contributed by atoms with E-state index < -0.39 is 17.7 Å².